The normalized spacial score (nSPS) is 12.1. The Hall–Kier alpha value is -1.32. The topological polar surface area (TPSA) is 47.3 Å². The highest BCUT2D eigenvalue weighted by molar-refractivity contribution is 5.36. The number of nitrogens with two attached hydrogens (primary N) is 1. The number of para-hydroxylation sites is 1. The van der Waals surface area contributed by atoms with Crippen molar-refractivity contribution in [3.63, 3.8) is 0 Å². The lowest BCUT2D eigenvalue weighted by atomic mass is 10.1. The van der Waals surface area contributed by atoms with Gasteiger partial charge in [-0.25, -0.2) is 0 Å². The van der Waals surface area contributed by atoms with Crippen LogP contribution in [0.25, 0.3) is 0 Å². The van der Waals surface area contributed by atoms with Gasteiger partial charge in [-0.2, -0.15) is 0 Å². The molecule has 1 unspecified atom stereocenters. The molecule has 1 atom stereocenters. The highest BCUT2D eigenvalue weighted by atomic mass is 16.5. The van der Waals surface area contributed by atoms with Crippen molar-refractivity contribution < 1.29 is 4.74 Å². The summed E-state index contributed by atoms with van der Waals surface area (Å²) >= 11 is 0. The monoisotopic (exact) mass is 206 g/mol. The number of hydrogen-bond donors (Lipinski definition) is 2. The van der Waals surface area contributed by atoms with Crippen LogP contribution in [0.5, 0.6) is 5.75 Å². The molecule has 0 aromatic heterocycles. The van der Waals surface area contributed by atoms with E-state index in [0.717, 1.165) is 17.9 Å². The molecule has 0 aliphatic heterocycles. The van der Waals surface area contributed by atoms with Crippen LogP contribution in [0.3, 0.4) is 0 Å². The standard InChI is InChI=1S/C12H18N2O/c1-3-8-14-11(9-13)10-6-4-5-7-12(10)15-2/h3-7,11,14H,1,8-9,13H2,2H3. The zero-order valence-corrected chi connectivity index (χ0v) is 9.07. The number of methoxy groups -OCH3 is 1. The molecule has 0 saturated heterocycles. The van der Waals surface area contributed by atoms with E-state index in [0.29, 0.717) is 6.54 Å². The van der Waals surface area contributed by atoms with Crippen molar-refractivity contribution in [3.05, 3.63) is 42.5 Å². The molecule has 1 rings (SSSR count). The molecule has 0 saturated carbocycles. The molecule has 3 N–H and O–H groups in total. The Labute approximate surface area is 90.9 Å². The van der Waals surface area contributed by atoms with Crippen molar-refractivity contribution in [2.75, 3.05) is 20.2 Å². The van der Waals surface area contributed by atoms with Gasteiger partial charge in [-0.15, -0.1) is 6.58 Å². The Morgan fingerprint density at radius 2 is 2.27 bits per heavy atom. The molecule has 1 aromatic rings. The average Bonchev–Trinajstić information content (AvgIpc) is 2.30. The predicted molar refractivity (Wildman–Crippen MR) is 63.0 cm³/mol. The number of benzene rings is 1. The molecule has 15 heavy (non-hydrogen) atoms. The molecule has 1 aromatic carbocycles. The minimum atomic E-state index is 0.110. The smallest absolute Gasteiger partial charge is 0.123 e. The van der Waals surface area contributed by atoms with Gasteiger partial charge in [-0.05, 0) is 6.07 Å². The van der Waals surface area contributed by atoms with Crippen LogP contribution in [-0.4, -0.2) is 20.2 Å². The lowest BCUT2D eigenvalue weighted by molar-refractivity contribution is 0.401. The Morgan fingerprint density at radius 3 is 2.87 bits per heavy atom. The molecule has 3 heteroatoms. The minimum Gasteiger partial charge on any atom is -0.496 e. The number of hydrogen-bond acceptors (Lipinski definition) is 3. The molecular weight excluding hydrogens is 188 g/mol. The van der Waals surface area contributed by atoms with E-state index in [1.807, 2.05) is 30.3 Å². The van der Waals surface area contributed by atoms with E-state index in [1.165, 1.54) is 0 Å². The molecule has 0 aliphatic rings. The fraction of sp³-hybridized carbons (Fsp3) is 0.333. The molecular formula is C12H18N2O. The molecule has 0 fully saturated rings. The van der Waals surface area contributed by atoms with Crippen LogP contribution in [0.2, 0.25) is 0 Å². The van der Waals surface area contributed by atoms with Crippen LogP contribution < -0.4 is 15.8 Å². The van der Waals surface area contributed by atoms with Crippen molar-refractivity contribution in [1.29, 1.82) is 0 Å². The van der Waals surface area contributed by atoms with E-state index in [4.69, 9.17) is 10.5 Å². The van der Waals surface area contributed by atoms with Gasteiger partial charge in [0.25, 0.3) is 0 Å². The fourth-order valence-electron chi connectivity index (χ4n) is 1.50. The predicted octanol–water partition coefficient (Wildman–Crippen LogP) is 1.47. The van der Waals surface area contributed by atoms with E-state index in [2.05, 4.69) is 11.9 Å². The summed E-state index contributed by atoms with van der Waals surface area (Å²) in [6.45, 7) is 4.94. The second kappa shape index (κ2) is 6.22. The number of nitrogens with one attached hydrogen (secondary N) is 1. The first-order chi connectivity index (χ1) is 7.33. The second-order valence-electron chi connectivity index (χ2n) is 3.23. The van der Waals surface area contributed by atoms with Crippen LogP contribution in [-0.2, 0) is 0 Å². The maximum absolute atomic E-state index is 5.72. The van der Waals surface area contributed by atoms with Gasteiger partial charge in [-0.1, -0.05) is 24.3 Å². The number of rotatable bonds is 6. The van der Waals surface area contributed by atoms with E-state index in [-0.39, 0.29) is 6.04 Å². The molecule has 0 spiro atoms. The summed E-state index contributed by atoms with van der Waals surface area (Å²) in [6, 6.07) is 8.00. The van der Waals surface area contributed by atoms with Gasteiger partial charge < -0.3 is 15.8 Å². The van der Waals surface area contributed by atoms with Crippen LogP contribution in [0.4, 0.5) is 0 Å². The Morgan fingerprint density at radius 1 is 1.53 bits per heavy atom. The van der Waals surface area contributed by atoms with Gasteiger partial charge in [0.1, 0.15) is 5.75 Å². The largest absolute Gasteiger partial charge is 0.496 e. The first-order valence-corrected chi connectivity index (χ1v) is 5.00. The van der Waals surface area contributed by atoms with Crippen molar-refractivity contribution >= 4 is 0 Å². The van der Waals surface area contributed by atoms with Gasteiger partial charge in [-0.3, -0.25) is 0 Å². The summed E-state index contributed by atoms with van der Waals surface area (Å²) in [7, 11) is 1.67. The molecule has 0 bridgehead atoms. The van der Waals surface area contributed by atoms with Crippen LogP contribution in [0.15, 0.2) is 36.9 Å². The van der Waals surface area contributed by atoms with Crippen LogP contribution in [0, 0.1) is 0 Å². The van der Waals surface area contributed by atoms with E-state index in [1.54, 1.807) is 7.11 Å². The molecule has 0 radical (unpaired) electrons. The molecule has 82 valence electrons. The van der Waals surface area contributed by atoms with Crippen molar-refractivity contribution in [2.24, 2.45) is 5.73 Å². The van der Waals surface area contributed by atoms with Gasteiger partial charge in [0.05, 0.1) is 7.11 Å². The lowest BCUT2D eigenvalue weighted by Crippen LogP contribution is -2.28. The molecule has 0 aliphatic carbocycles. The minimum absolute atomic E-state index is 0.110. The molecule has 0 heterocycles. The zero-order valence-electron chi connectivity index (χ0n) is 9.07. The lowest BCUT2D eigenvalue weighted by Gasteiger charge is -2.18. The highest BCUT2D eigenvalue weighted by Gasteiger charge is 2.12. The van der Waals surface area contributed by atoms with Crippen molar-refractivity contribution in [2.45, 2.75) is 6.04 Å². The van der Waals surface area contributed by atoms with Crippen molar-refractivity contribution in [1.82, 2.24) is 5.32 Å². The van der Waals surface area contributed by atoms with Gasteiger partial charge in [0.15, 0.2) is 0 Å². The summed E-state index contributed by atoms with van der Waals surface area (Å²) < 4.78 is 5.29. The van der Waals surface area contributed by atoms with Crippen molar-refractivity contribution in [3.8, 4) is 5.75 Å². The Bertz CT molecular complexity index is 312. The SMILES string of the molecule is C=CCNC(CN)c1ccccc1OC. The summed E-state index contributed by atoms with van der Waals surface area (Å²) in [4.78, 5) is 0. The fourth-order valence-corrected chi connectivity index (χ4v) is 1.50. The summed E-state index contributed by atoms with van der Waals surface area (Å²) in [6.07, 6.45) is 1.82. The molecule has 3 nitrogen and oxygen atoms in total. The van der Waals surface area contributed by atoms with E-state index >= 15 is 0 Å². The average molecular weight is 206 g/mol. The van der Waals surface area contributed by atoms with Gasteiger partial charge in [0.2, 0.25) is 0 Å². The quantitative estimate of drug-likeness (QED) is 0.693. The third kappa shape index (κ3) is 3.08. The van der Waals surface area contributed by atoms with Crippen LogP contribution >= 0.6 is 0 Å². The van der Waals surface area contributed by atoms with Gasteiger partial charge in [0, 0.05) is 24.7 Å². The maximum Gasteiger partial charge on any atom is 0.123 e. The molecule has 0 amide bonds. The summed E-state index contributed by atoms with van der Waals surface area (Å²) in [5.41, 5.74) is 6.80. The maximum atomic E-state index is 5.72. The third-order valence-electron chi connectivity index (χ3n) is 2.26. The Kier molecular flexibility index (Phi) is 4.87. The van der Waals surface area contributed by atoms with E-state index in [9.17, 15) is 0 Å². The Balaban J connectivity index is 2.84. The first kappa shape index (κ1) is 11.8. The highest BCUT2D eigenvalue weighted by Crippen LogP contribution is 2.23. The van der Waals surface area contributed by atoms with Crippen LogP contribution in [0.1, 0.15) is 11.6 Å². The zero-order chi connectivity index (χ0) is 11.1. The summed E-state index contributed by atoms with van der Waals surface area (Å²) in [5.74, 6) is 0.865. The second-order valence-corrected chi connectivity index (χ2v) is 3.23. The number of ether oxygens (including phenoxy) is 1. The van der Waals surface area contributed by atoms with E-state index < -0.39 is 0 Å². The summed E-state index contributed by atoms with van der Waals surface area (Å²) in [5, 5.41) is 3.29. The third-order valence-corrected chi connectivity index (χ3v) is 2.26. The first-order valence-electron chi connectivity index (χ1n) is 5.00. The van der Waals surface area contributed by atoms with Gasteiger partial charge >= 0.3 is 0 Å².